The van der Waals surface area contributed by atoms with Gasteiger partial charge >= 0.3 is 18.2 Å². The predicted octanol–water partition coefficient (Wildman–Crippen LogP) is 3.63. The number of thiazole rings is 1. The summed E-state index contributed by atoms with van der Waals surface area (Å²) >= 11 is 1.19. The number of aromatic nitrogens is 4. The van der Waals surface area contributed by atoms with Gasteiger partial charge in [-0.15, -0.1) is 28.4 Å². The molecule has 0 aliphatic heterocycles. The first-order valence-corrected chi connectivity index (χ1v) is 17.4. The second kappa shape index (κ2) is 19.6. The first kappa shape index (κ1) is 46.6. The molecule has 20 heteroatoms. The maximum atomic E-state index is 15.4. The minimum atomic E-state index is -4.74. The van der Waals surface area contributed by atoms with Gasteiger partial charge in [0.2, 0.25) is 12.6 Å². The molecular weight excluding hydrogens is 912 g/mol. The van der Waals surface area contributed by atoms with Crippen LogP contribution in [0, 0.1) is 23.0 Å². The van der Waals surface area contributed by atoms with Gasteiger partial charge in [-0.05, 0) is 49.5 Å². The Kier molecular flexibility index (Phi) is 16.0. The van der Waals surface area contributed by atoms with E-state index in [0.29, 0.717) is 21.8 Å². The van der Waals surface area contributed by atoms with E-state index in [2.05, 4.69) is 15.4 Å². The first-order chi connectivity index (χ1) is 26.0. The van der Waals surface area contributed by atoms with Crippen molar-refractivity contribution in [2.75, 3.05) is 25.5 Å². The molecule has 1 amide bonds. The molecule has 0 bridgehead atoms. The van der Waals surface area contributed by atoms with Gasteiger partial charge in [-0.3, -0.25) is 9.69 Å². The number of benzene rings is 3. The summed E-state index contributed by atoms with van der Waals surface area (Å²) in [6.45, 7) is 2.07. The second-order valence-corrected chi connectivity index (χ2v) is 13.4. The lowest BCUT2D eigenvalue weighted by molar-refractivity contribution is -0.753. The Morgan fingerprint density at radius 3 is 2.46 bits per heavy atom. The van der Waals surface area contributed by atoms with E-state index in [4.69, 9.17) is 14.7 Å². The molecule has 0 radical (unpaired) electrons. The van der Waals surface area contributed by atoms with Gasteiger partial charge in [0.05, 0.1) is 40.1 Å². The third kappa shape index (κ3) is 11.0. The summed E-state index contributed by atoms with van der Waals surface area (Å²) in [6, 6.07) is 14.1. The van der Waals surface area contributed by atoms with Gasteiger partial charge in [0.25, 0.3) is 6.33 Å². The number of esters is 1. The quantitative estimate of drug-likeness (QED) is 0.0783. The van der Waals surface area contributed by atoms with E-state index < -0.39 is 66.3 Å². The number of nitrogens with zero attached hydrogens (tertiary/aromatic N) is 6. The molecule has 12 nitrogen and oxygen atoms in total. The van der Waals surface area contributed by atoms with Crippen molar-refractivity contribution in [3.05, 3.63) is 118 Å². The standard InChI is InChI=1S/C37H35F5N7O5S.ClH.HI/c1-22(34-46-31(18-55-34)25-7-5-24(15-43)6-8-25)36(52,29-14-28(38)11-12-30(29)39)19-49-21-48(20-45-49)23(2)54-35(51)47(4)32-13-27(37(40,41)42)10-9-26(32)17-53-33(50)16-44-3;;/h5-14,18,20-23,44,52H,16-17,19H2,1-4H3;2*1H/q+1;;/p-1. The lowest BCUT2D eigenvalue weighted by Crippen LogP contribution is -3.00. The zero-order valence-corrected chi connectivity index (χ0v) is 34.4. The number of amides is 1. The highest BCUT2D eigenvalue weighted by atomic mass is 127. The fraction of sp³-hybridized carbons (Fsp3) is 0.297. The number of hydrogen-bond acceptors (Lipinski definition) is 10. The van der Waals surface area contributed by atoms with E-state index in [9.17, 15) is 32.3 Å². The highest BCUT2D eigenvalue weighted by Gasteiger charge is 2.44. The molecule has 0 saturated heterocycles. The van der Waals surface area contributed by atoms with Crippen LogP contribution in [0.3, 0.4) is 0 Å². The average Bonchev–Trinajstić information content (AvgIpc) is 3.84. The van der Waals surface area contributed by atoms with Crippen LogP contribution in [0.2, 0.25) is 0 Å². The number of rotatable bonds is 13. The van der Waals surface area contributed by atoms with Gasteiger partial charge in [-0.1, -0.05) is 25.1 Å². The Hall–Kier alpha value is -4.75. The maximum absolute atomic E-state index is 15.4. The minimum Gasteiger partial charge on any atom is -1.00 e. The topological polar surface area (TPSA) is 146 Å². The minimum absolute atomic E-state index is 0. The number of nitrogens with one attached hydrogen (secondary N) is 1. The van der Waals surface area contributed by atoms with Crippen molar-refractivity contribution in [2.24, 2.45) is 0 Å². The number of halogens is 7. The predicted molar refractivity (Wildman–Crippen MR) is 195 cm³/mol. The highest BCUT2D eigenvalue weighted by Crippen LogP contribution is 2.42. The molecule has 0 aliphatic rings. The van der Waals surface area contributed by atoms with Gasteiger partial charge in [-0.25, -0.2) is 18.6 Å². The Balaban J connectivity index is 0.00000435. The van der Waals surface area contributed by atoms with Crippen LogP contribution in [0.15, 0.2) is 78.7 Å². The van der Waals surface area contributed by atoms with Crippen molar-refractivity contribution in [2.45, 2.75) is 50.9 Å². The number of likely N-dealkylation sites (N-methyl/N-ethyl adjacent to an activating group) is 1. The highest BCUT2D eigenvalue weighted by molar-refractivity contribution is 7.10. The molecule has 5 rings (SSSR count). The van der Waals surface area contributed by atoms with Crippen LogP contribution in [0.5, 0.6) is 0 Å². The normalized spacial score (nSPS) is 13.2. The van der Waals surface area contributed by atoms with Crippen LogP contribution in [-0.4, -0.2) is 52.6 Å². The fourth-order valence-electron chi connectivity index (χ4n) is 5.59. The Morgan fingerprint density at radius 1 is 1.11 bits per heavy atom. The third-order valence-electron chi connectivity index (χ3n) is 8.77. The zero-order valence-electron chi connectivity index (χ0n) is 30.6. The summed E-state index contributed by atoms with van der Waals surface area (Å²) in [5.41, 5.74) is -1.94. The molecule has 0 spiro atoms. The molecule has 3 unspecified atom stereocenters. The van der Waals surface area contributed by atoms with Crippen LogP contribution in [-0.2, 0) is 39.2 Å². The van der Waals surface area contributed by atoms with E-state index in [1.165, 1.54) is 54.3 Å². The van der Waals surface area contributed by atoms with Gasteiger partial charge in [0.1, 0.15) is 30.4 Å². The summed E-state index contributed by atoms with van der Waals surface area (Å²) in [5, 5.41) is 30.4. The summed E-state index contributed by atoms with van der Waals surface area (Å²) in [5.74, 6) is -3.27. The second-order valence-electron chi connectivity index (χ2n) is 12.5. The molecule has 57 heavy (non-hydrogen) atoms. The molecule has 3 atom stereocenters. The van der Waals surface area contributed by atoms with E-state index in [0.717, 1.165) is 41.3 Å². The van der Waals surface area contributed by atoms with E-state index in [-0.39, 0.29) is 59.7 Å². The van der Waals surface area contributed by atoms with Crippen LogP contribution in [0.4, 0.5) is 32.4 Å². The third-order valence-corrected chi connectivity index (χ3v) is 9.79. The Morgan fingerprint density at radius 2 is 1.81 bits per heavy atom. The SMILES string of the molecule is CNCC(=O)OCc1ccc(C(F)(F)F)cc1N(C)C(=O)OC(C)[n+]1cnn(CC(O)(c2cc(F)ccc2F)C(C)c2nc(-c3ccc(C#N)cc3)cs2)c1.Cl.[I-]. The van der Waals surface area contributed by atoms with Crippen molar-refractivity contribution in [3.8, 4) is 17.3 Å². The van der Waals surface area contributed by atoms with E-state index in [1.807, 2.05) is 6.07 Å². The van der Waals surface area contributed by atoms with Gasteiger partial charge in [0.15, 0.2) is 0 Å². The monoisotopic (exact) mass is 947 g/mol. The first-order valence-electron chi connectivity index (χ1n) is 16.6. The number of aliphatic hydroxyl groups is 1. The lowest BCUT2D eigenvalue weighted by Gasteiger charge is -2.32. The van der Waals surface area contributed by atoms with Crippen LogP contribution < -0.4 is 38.8 Å². The molecule has 304 valence electrons. The van der Waals surface area contributed by atoms with Crippen molar-refractivity contribution >= 4 is 41.5 Å². The lowest BCUT2D eigenvalue weighted by atomic mass is 9.82. The number of anilines is 1. The Labute approximate surface area is 351 Å². The summed E-state index contributed by atoms with van der Waals surface area (Å²) in [6.07, 6.45) is -4.33. The molecule has 0 aliphatic carbocycles. The zero-order chi connectivity index (χ0) is 40.1. The summed E-state index contributed by atoms with van der Waals surface area (Å²) in [4.78, 5) is 30.7. The van der Waals surface area contributed by atoms with E-state index >= 15 is 4.39 Å². The molecule has 5 aromatic rings. The van der Waals surface area contributed by atoms with Crippen molar-refractivity contribution < 1.29 is 74.7 Å². The summed E-state index contributed by atoms with van der Waals surface area (Å²) < 4.78 is 83.9. The number of hydrogen-bond donors (Lipinski definition) is 2. The van der Waals surface area contributed by atoms with Crippen molar-refractivity contribution in [1.29, 1.82) is 5.26 Å². The van der Waals surface area contributed by atoms with Gasteiger partial charge in [0, 0.05) is 47.1 Å². The summed E-state index contributed by atoms with van der Waals surface area (Å²) in [7, 11) is 2.71. The van der Waals surface area contributed by atoms with Crippen LogP contribution in [0.25, 0.3) is 11.3 Å². The molecule has 2 N–H and O–H groups in total. The number of nitriles is 1. The number of carbonyl (C=O) groups is 2. The van der Waals surface area contributed by atoms with E-state index in [1.54, 1.807) is 36.6 Å². The molecule has 3 aromatic carbocycles. The van der Waals surface area contributed by atoms with Crippen molar-refractivity contribution in [1.82, 2.24) is 20.1 Å². The molecule has 0 saturated carbocycles. The number of alkyl halides is 3. The van der Waals surface area contributed by atoms with Gasteiger partial charge < -0.3 is 43.9 Å². The van der Waals surface area contributed by atoms with Crippen molar-refractivity contribution in [3.63, 3.8) is 0 Å². The maximum Gasteiger partial charge on any atom is 0.416 e. The van der Waals surface area contributed by atoms with Crippen LogP contribution >= 0.6 is 23.7 Å². The smallest absolute Gasteiger partial charge is 0.416 e. The molecular formula is C37H36ClF5IN7O5S. The average molecular weight is 948 g/mol. The number of ether oxygens (including phenoxy) is 2. The Bertz CT molecular complexity index is 2220. The van der Waals surface area contributed by atoms with Crippen LogP contribution in [0.1, 0.15) is 53.3 Å². The number of carbonyl (C=O) groups excluding carboxylic acids is 2. The molecule has 2 aromatic heterocycles. The van der Waals surface area contributed by atoms with Gasteiger partial charge in [-0.2, -0.15) is 23.0 Å². The fourth-order valence-corrected chi connectivity index (χ4v) is 6.56. The largest absolute Gasteiger partial charge is 1.00 e. The molecule has 0 fully saturated rings. The molecule has 2 heterocycles.